The Morgan fingerprint density at radius 3 is 2.20 bits per heavy atom. The first-order chi connectivity index (χ1) is 12.2. The summed E-state index contributed by atoms with van der Waals surface area (Å²) in [5.74, 6) is 0.281. The molecule has 0 amide bonds. The molecule has 1 aliphatic rings. The van der Waals surface area contributed by atoms with Crippen molar-refractivity contribution in [2.24, 2.45) is 0 Å². The Morgan fingerprint density at radius 1 is 0.760 bits per heavy atom. The molecule has 0 fully saturated rings. The summed E-state index contributed by atoms with van der Waals surface area (Å²) in [7, 11) is 0. The zero-order chi connectivity index (χ0) is 17.2. The number of carbonyl (C=O) groups excluding carboxylic acids is 2. The number of rotatable bonds is 4. The molecule has 0 spiro atoms. The molecule has 0 aliphatic heterocycles. The van der Waals surface area contributed by atoms with Crippen LogP contribution in [0.25, 0.3) is 0 Å². The van der Waals surface area contributed by atoms with E-state index in [1.165, 1.54) is 0 Å². The molecule has 0 aromatic heterocycles. The van der Waals surface area contributed by atoms with E-state index in [1.54, 1.807) is 11.8 Å². The number of aryl methyl sites for hydroxylation is 1. The van der Waals surface area contributed by atoms with Crippen LogP contribution in [0.4, 0.5) is 0 Å². The third-order valence-electron chi connectivity index (χ3n) is 4.39. The Morgan fingerprint density at radius 2 is 1.44 bits per heavy atom. The lowest BCUT2D eigenvalue weighted by atomic mass is 10.0. The van der Waals surface area contributed by atoms with E-state index in [4.69, 9.17) is 0 Å². The summed E-state index contributed by atoms with van der Waals surface area (Å²) in [4.78, 5) is 26.3. The normalized spacial score (nSPS) is 12.9. The summed E-state index contributed by atoms with van der Waals surface area (Å²) < 4.78 is 0. The summed E-state index contributed by atoms with van der Waals surface area (Å²) in [6, 6.07) is 23.0. The highest BCUT2D eigenvalue weighted by Gasteiger charge is 2.19. The molecule has 0 heterocycles. The molecule has 4 rings (SSSR count). The summed E-state index contributed by atoms with van der Waals surface area (Å²) in [6.45, 7) is 0. The quantitative estimate of drug-likeness (QED) is 0.610. The molecule has 25 heavy (non-hydrogen) atoms. The molecule has 0 radical (unpaired) electrons. The second-order valence-corrected chi connectivity index (χ2v) is 7.21. The van der Waals surface area contributed by atoms with Gasteiger partial charge in [-0.2, -0.15) is 0 Å². The van der Waals surface area contributed by atoms with Crippen LogP contribution >= 0.6 is 11.8 Å². The fourth-order valence-electron chi connectivity index (χ4n) is 3.06. The number of hydrogen-bond acceptors (Lipinski definition) is 3. The molecule has 0 unspecified atom stereocenters. The third-order valence-corrected chi connectivity index (χ3v) is 5.38. The van der Waals surface area contributed by atoms with Crippen molar-refractivity contribution in [1.82, 2.24) is 0 Å². The number of fused-ring (bicyclic) bond motifs is 1. The zero-order valence-electron chi connectivity index (χ0n) is 13.6. The molecule has 3 aromatic rings. The van der Waals surface area contributed by atoms with Crippen LogP contribution in [-0.4, -0.2) is 11.6 Å². The molecule has 2 nitrogen and oxygen atoms in total. The number of ketones is 2. The first kappa shape index (κ1) is 15.9. The van der Waals surface area contributed by atoms with Gasteiger partial charge in [-0.1, -0.05) is 48.2 Å². The van der Waals surface area contributed by atoms with Crippen molar-refractivity contribution in [3.8, 4) is 0 Å². The molecule has 122 valence electrons. The lowest BCUT2D eigenvalue weighted by molar-refractivity contribution is 0.0993. The van der Waals surface area contributed by atoms with E-state index >= 15 is 0 Å². The van der Waals surface area contributed by atoms with Gasteiger partial charge in [0, 0.05) is 32.9 Å². The molecule has 0 atom stereocenters. The third kappa shape index (κ3) is 3.28. The van der Waals surface area contributed by atoms with Crippen LogP contribution in [0.5, 0.6) is 0 Å². The Kier molecular flexibility index (Phi) is 4.24. The first-order valence-electron chi connectivity index (χ1n) is 8.24. The van der Waals surface area contributed by atoms with Gasteiger partial charge in [0.15, 0.2) is 11.6 Å². The minimum atomic E-state index is 0.0354. The van der Waals surface area contributed by atoms with Crippen molar-refractivity contribution >= 4 is 23.3 Å². The Bertz CT molecular complexity index is 944. The minimum absolute atomic E-state index is 0.0354. The molecule has 0 bridgehead atoms. The van der Waals surface area contributed by atoms with E-state index in [2.05, 4.69) is 6.07 Å². The van der Waals surface area contributed by atoms with Crippen LogP contribution in [0, 0.1) is 0 Å². The predicted octanol–water partition coefficient (Wildman–Crippen LogP) is 5.20. The highest BCUT2D eigenvalue weighted by Crippen LogP contribution is 2.32. The van der Waals surface area contributed by atoms with Gasteiger partial charge in [-0.3, -0.25) is 9.59 Å². The van der Waals surface area contributed by atoms with Crippen LogP contribution < -0.4 is 0 Å². The first-order valence-corrected chi connectivity index (χ1v) is 9.06. The van der Waals surface area contributed by atoms with Gasteiger partial charge in [0.05, 0.1) is 0 Å². The smallest absolute Gasteiger partial charge is 0.193 e. The van der Waals surface area contributed by atoms with Gasteiger partial charge >= 0.3 is 0 Å². The van der Waals surface area contributed by atoms with Gasteiger partial charge in [-0.15, -0.1) is 0 Å². The Labute approximate surface area is 150 Å². The van der Waals surface area contributed by atoms with Gasteiger partial charge in [0.1, 0.15) is 0 Å². The van der Waals surface area contributed by atoms with Gasteiger partial charge in [0.2, 0.25) is 0 Å². The van der Waals surface area contributed by atoms with Crippen molar-refractivity contribution in [2.75, 3.05) is 0 Å². The summed E-state index contributed by atoms with van der Waals surface area (Å²) in [5, 5.41) is 0. The van der Waals surface area contributed by atoms with Gasteiger partial charge in [-0.05, 0) is 48.4 Å². The summed E-state index contributed by atoms with van der Waals surface area (Å²) in [6.07, 6.45) is 1.47. The predicted molar refractivity (Wildman–Crippen MR) is 99.5 cm³/mol. The molecular weight excluding hydrogens is 328 g/mol. The lowest BCUT2D eigenvalue weighted by Gasteiger charge is -2.06. The van der Waals surface area contributed by atoms with Crippen LogP contribution in [0.3, 0.4) is 0 Å². The van der Waals surface area contributed by atoms with Gasteiger partial charge < -0.3 is 0 Å². The molecule has 0 saturated heterocycles. The van der Waals surface area contributed by atoms with Crippen LogP contribution in [0.2, 0.25) is 0 Å². The van der Waals surface area contributed by atoms with Crippen LogP contribution in [0.15, 0.2) is 82.6 Å². The van der Waals surface area contributed by atoms with E-state index in [9.17, 15) is 9.59 Å². The maximum atomic E-state index is 12.4. The lowest BCUT2D eigenvalue weighted by Crippen LogP contribution is -2.00. The molecule has 0 N–H and O–H groups in total. The minimum Gasteiger partial charge on any atom is -0.294 e. The van der Waals surface area contributed by atoms with Crippen molar-refractivity contribution in [2.45, 2.75) is 22.6 Å². The number of Topliss-reactive ketones (excluding diaryl/α,β-unsaturated/α-hetero) is 1. The Balaban J connectivity index is 1.51. The van der Waals surface area contributed by atoms with Crippen molar-refractivity contribution in [3.05, 3.63) is 95.1 Å². The number of carbonyl (C=O) groups is 2. The van der Waals surface area contributed by atoms with Crippen molar-refractivity contribution in [3.63, 3.8) is 0 Å². The van der Waals surface area contributed by atoms with Crippen molar-refractivity contribution in [1.29, 1.82) is 0 Å². The topological polar surface area (TPSA) is 34.1 Å². The summed E-state index contributed by atoms with van der Waals surface area (Å²) >= 11 is 1.65. The van der Waals surface area contributed by atoms with E-state index in [1.807, 2.05) is 66.7 Å². The zero-order valence-corrected chi connectivity index (χ0v) is 14.4. The van der Waals surface area contributed by atoms with Crippen molar-refractivity contribution < 1.29 is 9.59 Å². The second kappa shape index (κ2) is 6.69. The average Bonchev–Trinajstić information content (AvgIpc) is 3.03. The van der Waals surface area contributed by atoms with Crippen LogP contribution in [-0.2, 0) is 6.42 Å². The SMILES string of the molecule is O=C(c1ccccc1)c1ccc(Sc2ccc3c(c2)CCC3=O)cc1. The summed E-state index contributed by atoms with van der Waals surface area (Å²) in [5.41, 5.74) is 3.40. The fraction of sp³-hybridized carbons (Fsp3) is 0.0909. The molecular formula is C22H16O2S. The second-order valence-electron chi connectivity index (χ2n) is 6.06. The van der Waals surface area contributed by atoms with E-state index < -0.39 is 0 Å². The monoisotopic (exact) mass is 344 g/mol. The van der Waals surface area contributed by atoms with Gasteiger partial charge in [-0.25, -0.2) is 0 Å². The Hall–Kier alpha value is -2.65. The number of hydrogen-bond donors (Lipinski definition) is 0. The molecule has 1 aliphatic carbocycles. The number of benzene rings is 3. The maximum Gasteiger partial charge on any atom is 0.193 e. The maximum absolute atomic E-state index is 12.4. The van der Waals surface area contributed by atoms with E-state index in [0.29, 0.717) is 17.5 Å². The highest BCUT2D eigenvalue weighted by atomic mass is 32.2. The standard InChI is InChI=1S/C22H16O2S/c23-21-13-8-17-14-19(11-12-20(17)21)25-18-9-6-16(7-10-18)22(24)15-4-2-1-3-5-15/h1-7,9-12,14H,8,13H2. The highest BCUT2D eigenvalue weighted by molar-refractivity contribution is 7.99. The molecule has 3 aromatic carbocycles. The average molecular weight is 344 g/mol. The largest absolute Gasteiger partial charge is 0.294 e. The van der Waals surface area contributed by atoms with E-state index in [0.717, 1.165) is 27.3 Å². The van der Waals surface area contributed by atoms with Crippen LogP contribution in [0.1, 0.15) is 38.3 Å². The molecule has 3 heteroatoms. The fourth-order valence-corrected chi connectivity index (χ4v) is 3.94. The van der Waals surface area contributed by atoms with Gasteiger partial charge in [0.25, 0.3) is 0 Å². The molecule has 0 saturated carbocycles. The van der Waals surface area contributed by atoms with E-state index in [-0.39, 0.29) is 11.6 Å².